The normalized spacial score (nSPS) is 21.0. The van der Waals surface area contributed by atoms with E-state index in [9.17, 15) is 5.11 Å². The molecule has 0 unspecified atom stereocenters. The SMILES string of the molecule is C[C@H]1COCc2nc3ccc(-c4cnc(N5CCC(O)(CCO)CC5)nc4)cc3n21. The first-order valence-electron chi connectivity index (χ1n) is 10.6. The van der Waals surface area contributed by atoms with Gasteiger partial charge in [0.15, 0.2) is 0 Å². The highest BCUT2D eigenvalue weighted by atomic mass is 16.5. The van der Waals surface area contributed by atoms with Crippen molar-refractivity contribution in [3.05, 3.63) is 36.4 Å². The van der Waals surface area contributed by atoms with Gasteiger partial charge in [-0.2, -0.15) is 0 Å². The van der Waals surface area contributed by atoms with E-state index in [1.54, 1.807) is 0 Å². The van der Waals surface area contributed by atoms with Gasteiger partial charge in [0, 0.05) is 37.7 Å². The lowest BCUT2D eigenvalue weighted by Gasteiger charge is -2.37. The average Bonchev–Trinajstić information content (AvgIpc) is 3.13. The number of anilines is 1. The Morgan fingerprint density at radius 3 is 2.67 bits per heavy atom. The highest BCUT2D eigenvalue weighted by Crippen LogP contribution is 2.30. The summed E-state index contributed by atoms with van der Waals surface area (Å²) in [5, 5.41) is 19.6. The zero-order valence-corrected chi connectivity index (χ0v) is 17.2. The summed E-state index contributed by atoms with van der Waals surface area (Å²) in [6.07, 6.45) is 5.37. The number of fused-ring (bicyclic) bond motifs is 3. The van der Waals surface area contributed by atoms with E-state index in [1.165, 1.54) is 0 Å². The van der Waals surface area contributed by atoms with Crippen molar-refractivity contribution >= 4 is 17.0 Å². The van der Waals surface area contributed by atoms with Crippen LogP contribution in [0.3, 0.4) is 0 Å². The predicted octanol–water partition coefficient (Wildman–Crippen LogP) is 2.30. The van der Waals surface area contributed by atoms with Gasteiger partial charge in [0.25, 0.3) is 0 Å². The maximum Gasteiger partial charge on any atom is 0.225 e. The Labute approximate surface area is 175 Å². The minimum absolute atomic E-state index is 0.0121. The predicted molar refractivity (Wildman–Crippen MR) is 113 cm³/mol. The molecule has 1 aromatic carbocycles. The summed E-state index contributed by atoms with van der Waals surface area (Å²) >= 11 is 0. The van der Waals surface area contributed by atoms with Gasteiger partial charge in [-0.1, -0.05) is 6.07 Å². The van der Waals surface area contributed by atoms with Crippen LogP contribution in [0.2, 0.25) is 0 Å². The topological polar surface area (TPSA) is 96.5 Å². The molecule has 0 spiro atoms. The molecule has 5 rings (SSSR count). The van der Waals surface area contributed by atoms with E-state index in [1.807, 2.05) is 18.5 Å². The lowest BCUT2D eigenvalue weighted by Crippen LogP contribution is -2.45. The maximum absolute atomic E-state index is 10.5. The summed E-state index contributed by atoms with van der Waals surface area (Å²) in [6.45, 7) is 4.78. The van der Waals surface area contributed by atoms with Gasteiger partial charge in [-0.15, -0.1) is 0 Å². The molecule has 0 aliphatic carbocycles. The molecule has 0 bridgehead atoms. The maximum atomic E-state index is 10.5. The van der Waals surface area contributed by atoms with Gasteiger partial charge in [-0.3, -0.25) is 0 Å². The van der Waals surface area contributed by atoms with Crippen LogP contribution in [-0.4, -0.2) is 61.6 Å². The molecule has 2 aliphatic heterocycles. The first kappa shape index (κ1) is 19.4. The van der Waals surface area contributed by atoms with Crippen LogP contribution in [0.1, 0.15) is 38.1 Å². The monoisotopic (exact) mass is 409 g/mol. The summed E-state index contributed by atoms with van der Waals surface area (Å²) in [7, 11) is 0. The second-order valence-corrected chi connectivity index (χ2v) is 8.42. The Bertz CT molecular complexity index is 1040. The van der Waals surface area contributed by atoms with Crippen molar-refractivity contribution in [3.8, 4) is 11.1 Å². The Kier molecular flexibility index (Phi) is 4.92. The molecule has 1 atom stereocenters. The van der Waals surface area contributed by atoms with Crippen molar-refractivity contribution in [1.82, 2.24) is 19.5 Å². The van der Waals surface area contributed by atoms with Crippen LogP contribution in [0.15, 0.2) is 30.6 Å². The van der Waals surface area contributed by atoms with Crippen LogP contribution in [0.5, 0.6) is 0 Å². The zero-order valence-electron chi connectivity index (χ0n) is 17.2. The molecule has 1 saturated heterocycles. The molecule has 4 heterocycles. The number of aromatic nitrogens is 4. The molecule has 8 heteroatoms. The molecule has 3 aromatic rings. The van der Waals surface area contributed by atoms with Gasteiger partial charge in [0.2, 0.25) is 5.95 Å². The number of nitrogens with zero attached hydrogens (tertiary/aromatic N) is 5. The third-order valence-electron chi connectivity index (χ3n) is 6.32. The van der Waals surface area contributed by atoms with E-state index >= 15 is 0 Å². The van der Waals surface area contributed by atoms with Crippen molar-refractivity contribution in [3.63, 3.8) is 0 Å². The Hall–Kier alpha value is -2.55. The molecule has 0 amide bonds. The Balaban J connectivity index is 1.37. The van der Waals surface area contributed by atoms with E-state index in [4.69, 9.17) is 14.8 Å². The molecule has 8 nitrogen and oxygen atoms in total. The number of hydrogen-bond donors (Lipinski definition) is 2. The number of aliphatic hydroxyl groups is 2. The second-order valence-electron chi connectivity index (χ2n) is 8.42. The molecule has 1 fully saturated rings. The molecule has 2 N–H and O–H groups in total. The van der Waals surface area contributed by atoms with Gasteiger partial charge < -0.3 is 24.4 Å². The molecule has 2 aliphatic rings. The zero-order chi connectivity index (χ0) is 20.7. The Morgan fingerprint density at radius 2 is 1.93 bits per heavy atom. The number of imidazole rings is 1. The van der Waals surface area contributed by atoms with E-state index in [0.29, 0.717) is 51.5 Å². The van der Waals surface area contributed by atoms with Crippen molar-refractivity contribution in [2.24, 2.45) is 0 Å². The highest BCUT2D eigenvalue weighted by molar-refractivity contribution is 5.82. The van der Waals surface area contributed by atoms with Gasteiger partial charge >= 0.3 is 0 Å². The highest BCUT2D eigenvalue weighted by Gasteiger charge is 2.32. The Morgan fingerprint density at radius 1 is 1.17 bits per heavy atom. The summed E-state index contributed by atoms with van der Waals surface area (Å²) in [4.78, 5) is 16.0. The molecule has 2 aromatic heterocycles. The molecular weight excluding hydrogens is 382 g/mol. The number of piperidine rings is 1. The molecule has 0 saturated carbocycles. The number of benzene rings is 1. The van der Waals surface area contributed by atoms with Crippen molar-refractivity contribution in [1.29, 1.82) is 0 Å². The average molecular weight is 409 g/mol. The quantitative estimate of drug-likeness (QED) is 0.682. The van der Waals surface area contributed by atoms with E-state index < -0.39 is 5.60 Å². The van der Waals surface area contributed by atoms with Crippen LogP contribution < -0.4 is 4.90 Å². The molecule has 30 heavy (non-hydrogen) atoms. The van der Waals surface area contributed by atoms with Gasteiger partial charge in [0.05, 0.1) is 29.3 Å². The van der Waals surface area contributed by atoms with Crippen molar-refractivity contribution < 1.29 is 14.9 Å². The summed E-state index contributed by atoms with van der Waals surface area (Å²) < 4.78 is 7.88. The largest absolute Gasteiger partial charge is 0.396 e. The fourth-order valence-electron chi connectivity index (χ4n) is 4.53. The van der Waals surface area contributed by atoms with E-state index in [0.717, 1.165) is 28.0 Å². The van der Waals surface area contributed by atoms with Crippen molar-refractivity contribution in [2.75, 3.05) is 31.2 Å². The lowest BCUT2D eigenvalue weighted by atomic mass is 9.89. The summed E-state index contributed by atoms with van der Waals surface area (Å²) in [5.41, 5.74) is 3.35. The third kappa shape index (κ3) is 3.45. The van der Waals surface area contributed by atoms with Gasteiger partial charge in [-0.05, 0) is 43.9 Å². The number of hydrogen-bond acceptors (Lipinski definition) is 7. The standard InChI is InChI=1S/C22H27N5O3/c1-15-13-30-14-20-25-18-3-2-16(10-19(18)27(15)20)17-11-23-21(24-12-17)26-7-4-22(29,5-8-26)6-9-28/h2-3,10-12,15,28-29H,4-9,13-14H2,1H3/t15-/m0/s1. The van der Waals surface area contributed by atoms with Crippen LogP contribution in [0, 0.1) is 0 Å². The minimum Gasteiger partial charge on any atom is -0.396 e. The first-order chi connectivity index (χ1) is 14.6. The molecular formula is C22H27N5O3. The molecule has 0 radical (unpaired) electrons. The van der Waals surface area contributed by atoms with Crippen LogP contribution in [-0.2, 0) is 11.3 Å². The number of ether oxygens (including phenoxy) is 1. The van der Waals surface area contributed by atoms with E-state index in [-0.39, 0.29) is 12.6 Å². The lowest BCUT2D eigenvalue weighted by molar-refractivity contribution is -0.00554. The summed E-state index contributed by atoms with van der Waals surface area (Å²) in [5.74, 6) is 1.65. The third-order valence-corrected chi connectivity index (χ3v) is 6.32. The fraction of sp³-hybridized carbons (Fsp3) is 0.500. The van der Waals surface area contributed by atoms with Crippen LogP contribution >= 0.6 is 0 Å². The van der Waals surface area contributed by atoms with Gasteiger partial charge in [-0.25, -0.2) is 15.0 Å². The first-order valence-corrected chi connectivity index (χ1v) is 10.6. The second kappa shape index (κ2) is 7.61. The number of rotatable bonds is 4. The van der Waals surface area contributed by atoms with Crippen LogP contribution in [0.4, 0.5) is 5.95 Å². The minimum atomic E-state index is -0.771. The molecule has 158 valence electrons. The van der Waals surface area contributed by atoms with E-state index in [2.05, 4.69) is 38.5 Å². The number of aliphatic hydroxyl groups excluding tert-OH is 1. The fourth-order valence-corrected chi connectivity index (χ4v) is 4.53. The van der Waals surface area contributed by atoms with Crippen LogP contribution in [0.25, 0.3) is 22.2 Å². The smallest absolute Gasteiger partial charge is 0.225 e. The summed E-state index contributed by atoms with van der Waals surface area (Å²) in [6, 6.07) is 6.52. The van der Waals surface area contributed by atoms with Gasteiger partial charge in [0.1, 0.15) is 12.4 Å². The van der Waals surface area contributed by atoms with Crippen molar-refractivity contribution in [2.45, 2.75) is 44.4 Å².